The lowest BCUT2D eigenvalue weighted by molar-refractivity contribution is -0.124. The third kappa shape index (κ3) is 6.58. The molecule has 11 heteroatoms. The number of hydrogen-bond acceptors (Lipinski definition) is 5. The van der Waals surface area contributed by atoms with Gasteiger partial charge in [0.15, 0.2) is 0 Å². The molecule has 0 saturated carbocycles. The van der Waals surface area contributed by atoms with Gasteiger partial charge in [0.05, 0.1) is 27.4 Å². The van der Waals surface area contributed by atoms with Crippen molar-refractivity contribution in [1.29, 1.82) is 5.26 Å². The standard InChI is InChI=1S/C29H27Cl2F2N5O2/c1-2-38-13-11-29(17-34,12-14-38)37-28(40)25(15-19-22(32)7-4-8-23(19)33)36-27(39)18-9-10-24(35-16-18)26-20(30)5-3-6-21(26)31/h3-10,16,25H,2,11-15H2,1H3,(H,36,39)(H,37,40)/t25-/m0/s1. The van der Waals surface area contributed by atoms with E-state index in [1.165, 1.54) is 18.3 Å². The molecule has 0 radical (unpaired) electrons. The monoisotopic (exact) mass is 585 g/mol. The number of piperidine rings is 1. The number of halogens is 4. The maximum absolute atomic E-state index is 14.5. The summed E-state index contributed by atoms with van der Waals surface area (Å²) in [5.74, 6) is -3.09. The van der Waals surface area contributed by atoms with E-state index in [4.69, 9.17) is 23.2 Å². The van der Waals surface area contributed by atoms with Crippen LogP contribution >= 0.6 is 23.2 Å². The first-order chi connectivity index (χ1) is 19.2. The molecule has 4 rings (SSSR count). The lowest BCUT2D eigenvalue weighted by Crippen LogP contribution is -2.59. The van der Waals surface area contributed by atoms with Crippen LogP contribution in [-0.4, -0.2) is 52.9 Å². The van der Waals surface area contributed by atoms with Crippen molar-refractivity contribution in [3.8, 4) is 17.3 Å². The highest BCUT2D eigenvalue weighted by Crippen LogP contribution is 2.33. The second kappa shape index (κ2) is 12.7. The van der Waals surface area contributed by atoms with Crippen LogP contribution in [0.4, 0.5) is 8.78 Å². The molecule has 0 bridgehead atoms. The molecule has 1 atom stereocenters. The van der Waals surface area contributed by atoms with Gasteiger partial charge in [0, 0.05) is 36.8 Å². The van der Waals surface area contributed by atoms with E-state index in [1.807, 2.05) is 6.92 Å². The SMILES string of the molecule is CCN1CCC(C#N)(NC(=O)[C@H](Cc2c(F)cccc2F)NC(=O)c2ccc(-c3c(Cl)cccc3Cl)nc2)CC1. The Hall–Kier alpha value is -3.58. The topological polar surface area (TPSA) is 98.1 Å². The van der Waals surface area contributed by atoms with Gasteiger partial charge in [-0.25, -0.2) is 8.78 Å². The zero-order chi connectivity index (χ0) is 28.9. The second-order valence-corrected chi connectivity index (χ2v) is 10.4. The molecule has 0 spiro atoms. The van der Waals surface area contributed by atoms with Gasteiger partial charge in [-0.2, -0.15) is 5.26 Å². The number of amides is 2. The summed E-state index contributed by atoms with van der Waals surface area (Å²) >= 11 is 12.5. The summed E-state index contributed by atoms with van der Waals surface area (Å²) in [5.41, 5.74) is -0.469. The maximum atomic E-state index is 14.5. The van der Waals surface area contributed by atoms with Gasteiger partial charge in [0.2, 0.25) is 5.91 Å². The van der Waals surface area contributed by atoms with Crippen molar-refractivity contribution in [3.63, 3.8) is 0 Å². The lowest BCUT2D eigenvalue weighted by Gasteiger charge is -2.38. The molecule has 0 unspecified atom stereocenters. The smallest absolute Gasteiger partial charge is 0.253 e. The molecule has 208 valence electrons. The third-order valence-electron chi connectivity index (χ3n) is 7.07. The van der Waals surface area contributed by atoms with Crippen LogP contribution in [0.15, 0.2) is 54.7 Å². The van der Waals surface area contributed by atoms with Crippen molar-refractivity contribution >= 4 is 35.0 Å². The molecule has 1 aliphatic rings. The molecule has 3 aromatic rings. The lowest BCUT2D eigenvalue weighted by atomic mass is 9.88. The number of benzene rings is 2. The molecule has 7 nitrogen and oxygen atoms in total. The van der Waals surface area contributed by atoms with Crippen molar-refractivity contribution in [2.24, 2.45) is 0 Å². The molecular formula is C29H27Cl2F2N5O2. The molecule has 1 fully saturated rings. The maximum Gasteiger partial charge on any atom is 0.253 e. The van der Waals surface area contributed by atoms with Gasteiger partial charge in [-0.3, -0.25) is 14.6 Å². The predicted octanol–water partition coefficient (Wildman–Crippen LogP) is 5.17. The van der Waals surface area contributed by atoms with Crippen LogP contribution in [0.3, 0.4) is 0 Å². The fourth-order valence-corrected chi connectivity index (χ4v) is 5.23. The van der Waals surface area contributed by atoms with Gasteiger partial charge < -0.3 is 15.5 Å². The summed E-state index contributed by atoms with van der Waals surface area (Å²) in [6.45, 7) is 4.04. The first-order valence-electron chi connectivity index (χ1n) is 12.8. The van der Waals surface area contributed by atoms with Crippen LogP contribution in [0.5, 0.6) is 0 Å². The fraction of sp³-hybridized carbons (Fsp3) is 0.310. The Balaban J connectivity index is 1.57. The van der Waals surface area contributed by atoms with Crippen molar-refractivity contribution in [2.75, 3.05) is 19.6 Å². The number of carbonyl (C=O) groups is 2. The Bertz CT molecular complexity index is 1400. The number of nitrogens with zero attached hydrogens (tertiary/aromatic N) is 3. The number of likely N-dealkylation sites (tertiary alicyclic amines) is 1. The predicted molar refractivity (Wildman–Crippen MR) is 149 cm³/mol. The zero-order valence-electron chi connectivity index (χ0n) is 21.7. The summed E-state index contributed by atoms with van der Waals surface area (Å²) in [4.78, 5) is 33.1. The number of carbonyl (C=O) groups excluding carboxylic acids is 2. The molecule has 1 aromatic heterocycles. The summed E-state index contributed by atoms with van der Waals surface area (Å²) < 4.78 is 29.0. The fourth-order valence-electron chi connectivity index (χ4n) is 4.64. The van der Waals surface area contributed by atoms with E-state index in [2.05, 4.69) is 26.6 Å². The Morgan fingerprint density at radius 2 is 1.70 bits per heavy atom. The number of pyridine rings is 1. The Morgan fingerprint density at radius 3 is 2.25 bits per heavy atom. The van der Waals surface area contributed by atoms with Gasteiger partial charge in [-0.15, -0.1) is 0 Å². The molecule has 2 aromatic carbocycles. The molecule has 2 N–H and O–H groups in total. The minimum Gasteiger partial charge on any atom is -0.340 e. The van der Waals surface area contributed by atoms with Gasteiger partial charge in [-0.1, -0.05) is 42.3 Å². The summed E-state index contributed by atoms with van der Waals surface area (Å²) in [6.07, 6.45) is 1.60. The molecular weight excluding hydrogens is 559 g/mol. The number of nitrogens with one attached hydrogen (secondary N) is 2. The van der Waals surface area contributed by atoms with Crippen LogP contribution in [0.25, 0.3) is 11.3 Å². The average Bonchev–Trinajstić information content (AvgIpc) is 2.95. The Kier molecular flexibility index (Phi) is 9.36. The van der Waals surface area contributed by atoms with Gasteiger partial charge in [0.1, 0.15) is 23.2 Å². The van der Waals surface area contributed by atoms with E-state index in [1.54, 1.807) is 24.3 Å². The number of rotatable bonds is 8. The van der Waals surface area contributed by atoms with E-state index < -0.39 is 41.5 Å². The highest BCUT2D eigenvalue weighted by Gasteiger charge is 2.38. The van der Waals surface area contributed by atoms with Crippen LogP contribution < -0.4 is 10.6 Å². The van der Waals surface area contributed by atoms with E-state index in [0.717, 1.165) is 18.7 Å². The largest absolute Gasteiger partial charge is 0.340 e. The van der Waals surface area contributed by atoms with Crippen molar-refractivity contribution in [1.82, 2.24) is 20.5 Å². The minimum absolute atomic E-state index is 0.102. The van der Waals surface area contributed by atoms with Crippen LogP contribution in [0.2, 0.25) is 10.0 Å². The minimum atomic E-state index is -1.37. The quantitative estimate of drug-likeness (QED) is 0.380. The average molecular weight is 586 g/mol. The zero-order valence-corrected chi connectivity index (χ0v) is 23.2. The Morgan fingerprint density at radius 1 is 1.07 bits per heavy atom. The highest BCUT2D eigenvalue weighted by molar-refractivity contribution is 6.39. The summed E-state index contributed by atoms with van der Waals surface area (Å²) in [6, 6.07) is 12.3. The van der Waals surface area contributed by atoms with E-state index in [0.29, 0.717) is 47.2 Å². The number of aromatic nitrogens is 1. The number of nitriles is 1. The molecule has 2 heterocycles. The van der Waals surface area contributed by atoms with Crippen LogP contribution in [-0.2, 0) is 11.2 Å². The van der Waals surface area contributed by atoms with Crippen LogP contribution in [0.1, 0.15) is 35.7 Å². The van der Waals surface area contributed by atoms with E-state index >= 15 is 0 Å². The first-order valence-corrected chi connectivity index (χ1v) is 13.5. The third-order valence-corrected chi connectivity index (χ3v) is 7.70. The van der Waals surface area contributed by atoms with Gasteiger partial charge >= 0.3 is 0 Å². The van der Waals surface area contributed by atoms with Crippen molar-refractivity contribution < 1.29 is 18.4 Å². The van der Waals surface area contributed by atoms with Gasteiger partial charge in [0.25, 0.3) is 5.91 Å². The molecule has 40 heavy (non-hydrogen) atoms. The molecule has 1 saturated heterocycles. The summed E-state index contributed by atoms with van der Waals surface area (Å²) in [5, 5.41) is 16.0. The van der Waals surface area contributed by atoms with Crippen LogP contribution in [0, 0.1) is 23.0 Å². The second-order valence-electron chi connectivity index (χ2n) is 9.58. The number of hydrogen-bond donors (Lipinski definition) is 2. The molecule has 2 amide bonds. The first kappa shape index (κ1) is 29.4. The van der Waals surface area contributed by atoms with Gasteiger partial charge in [-0.05, 0) is 55.8 Å². The molecule has 1 aliphatic heterocycles. The van der Waals surface area contributed by atoms with Crippen molar-refractivity contribution in [3.05, 3.63) is 87.5 Å². The van der Waals surface area contributed by atoms with Crippen molar-refractivity contribution in [2.45, 2.75) is 37.8 Å². The van der Waals surface area contributed by atoms with E-state index in [9.17, 15) is 23.6 Å². The normalized spacial score (nSPS) is 15.6. The Labute approximate surface area is 241 Å². The summed E-state index contributed by atoms with van der Waals surface area (Å²) in [7, 11) is 0. The van der Waals surface area contributed by atoms with E-state index in [-0.39, 0.29) is 11.1 Å². The molecule has 0 aliphatic carbocycles. The highest BCUT2D eigenvalue weighted by atomic mass is 35.5.